The highest BCUT2D eigenvalue weighted by Crippen LogP contribution is 2.32. The van der Waals surface area contributed by atoms with Crippen LogP contribution in [0.4, 0.5) is 13.2 Å². The Balaban J connectivity index is 1.69. The SMILES string of the molecule is COc1ccc2c(CC(=O)OCc3ccccc3C(F)(F)F)coc2c1. The van der Waals surface area contributed by atoms with Gasteiger partial charge in [0.05, 0.1) is 25.4 Å². The number of carbonyl (C=O) groups excluding carboxylic acids is 1. The second kappa shape index (κ2) is 7.11. The zero-order chi connectivity index (χ0) is 18.7. The number of alkyl halides is 3. The molecule has 0 aliphatic rings. The number of carbonyl (C=O) groups is 1. The van der Waals surface area contributed by atoms with Gasteiger partial charge in [-0.05, 0) is 18.2 Å². The lowest BCUT2D eigenvalue weighted by atomic mass is 10.1. The van der Waals surface area contributed by atoms with E-state index in [1.807, 2.05) is 0 Å². The number of fused-ring (bicyclic) bond motifs is 1. The Bertz CT molecular complexity index is 928. The Morgan fingerprint density at radius 1 is 1.12 bits per heavy atom. The number of methoxy groups -OCH3 is 1. The number of hydrogen-bond donors (Lipinski definition) is 0. The van der Waals surface area contributed by atoms with Crippen molar-refractivity contribution in [2.45, 2.75) is 19.2 Å². The molecule has 0 bridgehead atoms. The van der Waals surface area contributed by atoms with Crippen molar-refractivity contribution in [1.29, 1.82) is 0 Å². The van der Waals surface area contributed by atoms with Crippen LogP contribution in [0, 0.1) is 0 Å². The van der Waals surface area contributed by atoms with Gasteiger partial charge in [0.25, 0.3) is 0 Å². The van der Waals surface area contributed by atoms with Crippen LogP contribution >= 0.6 is 0 Å². The topological polar surface area (TPSA) is 48.7 Å². The smallest absolute Gasteiger partial charge is 0.416 e. The normalized spacial score (nSPS) is 11.5. The summed E-state index contributed by atoms with van der Waals surface area (Å²) in [6, 6.07) is 10.2. The van der Waals surface area contributed by atoms with Gasteiger partial charge in [0.15, 0.2) is 0 Å². The first-order valence-electron chi connectivity index (χ1n) is 7.73. The van der Waals surface area contributed by atoms with E-state index < -0.39 is 24.3 Å². The van der Waals surface area contributed by atoms with Gasteiger partial charge in [0.1, 0.15) is 17.9 Å². The summed E-state index contributed by atoms with van der Waals surface area (Å²) < 4.78 is 54.4. The molecule has 0 fully saturated rings. The summed E-state index contributed by atoms with van der Waals surface area (Å²) in [4.78, 5) is 12.0. The lowest BCUT2D eigenvalue weighted by molar-refractivity contribution is -0.147. The van der Waals surface area contributed by atoms with Gasteiger partial charge in [0, 0.05) is 22.6 Å². The average molecular weight is 364 g/mol. The van der Waals surface area contributed by atoms with Crippen molar-refractivity contribution in [3.8, 4) is 5.75 Å². The number of halogens is 3. The van der Waals surface area contributed by atoms with Crippen molar-refractivity contribution in [1.82, 2.24) is 0 Å². The summed E-state index contributed by atoms with van der Waals surface area (Å²) in [6.45, 7) is -0.446. The van der Waals surface area contributed by atoms with Gasteiger partial charge in [-0.2, -0.15) is 13.2 Å². The average Bonchev–Trinajstić information content (AvgIpc) is 3.01. The third-order valence-electron chi connectivity index (χ3n) is 3.91. The Hall–Kier alpha value is -2.96. The fourth-order valence-corrected chi connectivity index (χ4v) is 2.61. The molecule has 26 heavy (non-hydrogen) atoms. The second-order valence-corrected chi connectivity index (χ2v) is 5.62. The van der Waals surface area contributed by atoms with Gasteiger partial charge in [-0.15, -0.1) is 0 Å². The molecule has 0 unspecified atom stereocenters. The molecule has 3 rings (SSSR count). The molecule has 7 heteroatoms. The summed E-state index contributed by atoms with van der Waals surface area (Å²) in [5.41, 5.74) is 0.245. The van der Waals surface area contributed by atoms with Gasteiger partial charge in [-0.25, -0.2) is 0 Å². The maximum Gasteiger partial charge on any atom is 0.416 e. The molecule has 0 aliphatic heterocycles. The van der Waals surface area contributed by atoms with Crippen molar-refractivity contribution < 1.29 is 31.9 Å². The molecule has 0 spiro atoms. The number of ether oxygens (including phenoxy) is 2. The fraction of sp³-hybridized carbons (Fsp3) is 0.211. The summed E-state index contributed by atoms with van der Waals surface area (Å²) >= 11 is 0. The van der Waals surface area contributed by atoms with E-state index in [2.05, 4.69) is 0 Å². The van der Waals surface area contributed by atoms with Crippen molar-refractivity contribution in [2.75, 3.05) is 7.11 Å². The van der Waals surface area contributed by atoms with E-state index in [-0.39, 0.29) is 12.0 Å². The molecule has 1 heterocycles. The van der Waals surface area contributed by atoms with E-state index >= 15 is 0 Å². The van der Waals surface area contributed by atoms with Gasteiger partial charge in [0.2, 0.25) is 0 Å². The zero-order valence-electron chi connectivity index (χ0n) is 13.8. The molecular weight excluding hydrogens is 349 g/mol. The summed E-state index contributed by atoms with van der Waals surface area (Å²) in [5, 5.41) is 0.721. The number of esters is 1. The van der Waals surface area contributed by atoms with E-state index in [1.54, 1.807) is 18.2 Å². The molecule has 0 N–H and O–H groups in total. The highest BCUT2D eigenvalue weighted by atomic mass is 19.4. The molecule has 0 atom stereocenters. The molecule has 1 aromatic heterocycles. The molecular formula is C19H15F3O4. The lowest BCUT2D eigenvalue weighted by Gasteiger charge is -2.12. The van der Waals surface area contributed by atoms with Crippen LogP contribution in [0.5, 0.6) is 5.75 Å². The highest BCUT2D eigenvalue weighted by Gasteiger charge is 2.33. The highest BCUT2D eigenvalue weighted by molar-refractivity contribution is 5.86. The fourth-order valence-electron chi connectivity index (χ4n) is 2.61. The van der Waals surface area contributed by atoms with Crippen LogP contribution < -0.4 is 4.74 Å². The predicted octanol–water partition coefficient (Wildman–Crippen LogP) is 4.75. The van der Waals surface area contributed by atoms with Gasteiger partial charge in [-0.3, -0.25) is 4.79 Å². The molecule has 3 aromatic rings. The molecule has 4 nitrogen and oxygen atoms in total. The molecule has 0 saturated heterocycles. The van der Waals surface area contributed by atoms with Crippen LogP contribution in [0.2, 0.25) is 0 Å². The van der Waals surface area contributed by atoms with Crippen LogP contribution in [-0.2, 0) is 28.7 Å². The minimum atomic E-state index is -4.50. The summed E-state index contributed by atoms with van der Waals surface area (Å²) in [6.07, 6.45) is -3.18. The first-order valence-corrected chi connectivity index (χ1v) is 7.73. The van der Waals surface area contributed by atoms with Gasteiger partial charge < -0.3 is 13.9 Å². The van der Waals surface area contributed by atoms with Gasteiger partial charge in [-0.1, -0.05) is 18.2 Å². The van der Waals surface area contributed by atoms with E-state index in [4.69, 9.17) is 13.9 Å². The maximum absolute atomic E-state index is 13.0. The number of benzene rings is 2. The third kappa shape index (κ3) is 3.82. The Morgan fingerprint density at radius 3 is 2.62 bits per heavy atom. The van der Waals surface area contributed by atoms with Crippen LogP contribution in [0.3, 0.4) is 0 Å². The zero-order valence-corrected chi connectivity index (χ0v) is 13.8. The molecule has 0 amide bonds. The van der Waals surface area contributed by atoms with Gasteiger partial charge >= 0.3 is 12.1 Å². The van der Waals surface area contributed by atoms with Crippen LogP contribution in [0.15, 0.2) is 53.1 Å². The van der Waals surface area contributed by atoms with Crippen LogP contribution in [0.1, 0.15) is 16.7 Å². The molecule has 136 valence electrons. The molecule has 0 aliphatic carbocycles. The number of furan rings is 1. The van der Waals surface area contributed by atoms with E-state index in [0.29, 0.717) is 16.9 Å². The predicted molar refractivity (Wildman–Crippen MR) is 87.7 cm³/mol. The van der Waals surface area contributed by atoms with Crippen molar-refractivity contribution in [2.24, 2.45) is 0 Å². The van der Waals surface area contributed by atoms with E-state index in [1.165, 1.54) is 31.6 Å². The summed E-state index contributed by atoms with van der Waals surface area (Å²) in [5.74, 6) is -0.0229. The van der Waals surface area contributed by atoms with E-state index in [9.17, 15) is 18.0 Å². The van der Waals surface area contributed by atoms with Crippen molar-refractivity contribution in [3.63, 3.8) is 0 Å². The lowest BCUT2D eigenvalue weighted by Crippen LogP contribution is -2.13. The minimum Gasteiger partial charge on any atom is -0.497 e. The third-order valence-corrected chi connectivity index (χ3v) is 3.91. The largest absolute Gasteiger partial charge is 0.497 e. The Labute approximate surface area is 147 Å². The molecule has 0 radical (unpaired) electrons. The number of rotatable bonds is 5. The number of hydrogen-bond acceptors (Lipinski definition) is 4. The Morgan fingerprint density at radius 2 is 1.88 bits per heavy atom. The second-order valence-electron chi connectivity index (χ2n) is 5.62. The standard InChI is InChI=1S/C19H15F3O4/c1-24-14-6-7-15-13(11-25-17(15)9-14)8-18(23)26-10-12-4-2-3-5-16(12)19(20,21)22/h2-7,9,11H,8,10H2,1H3. The monoisotopic (exact) mass is 364 g/mol. The first-order chi connectivity index (χ1) is 12.4. The maximum atomic E-state index is 13.0. The Kier molecular flexibility index (Phi) is 4.88. The minimum absolute atomic E-state index is 0.0878. The quantitative estimate of drug-likeness (QED) is 0.613. The van der Waals surface area contributed by atoms with Crippen molar-refractivity contribution >= 4 is 16.9 Å². The summed E-state index contributed by atoms with van der Waals surface area (Å²) in [7, 11) is 1.53. The van der Waals surface area contributed by atoms with E-state index in [0.717, 1.165) is 11.5 Å². The van der Waals surface area contributed by atoms with Crippen LogP contribution in [-0.4, -0.2) is 13.1 Å². The van der Waals surface area contributed by atoms with Crippen LogP contribution in [0.25, 0.3) is 11.0 Å². The first kappa shape index (κ1) is 17.8. The molecule has 2 aromatic carbocycles. The molecule has 0 saturated carbocycles. The van der Waals surface area contributed by atoms with Crippen molar-refractivity contribution in [3.05, 3.63) is 65.4 Å².